The average molecular weight is 208 g/mol. The molecule has 0 atom stereocenters. The molecular weight excluding hydrogens is 194 g/mol. The second-order valence-corrected chi connectivity index (χ2v) is 3.45. The lowest BCUT2D eigenvalue weighted by atomic mass is 10.0. The van der Waals surface area contributed by atoms with Crippen LogP contribution in [-0.2, 0) is 0 Å². The molecule has 74 valence electrons. The molecule has 1 rings (SSSR count). The predicted octanol–water partition coefficient (Wildman–Crippen LogP) is 3.64. The quantitative estimate of drug-likeness (QED) is 0.657. The third-order valence-corrected chi connectivity index (χ3v) is 2.36. The van der Waals surface area contributed by atoms with E-state index >= 15 is 0 Å². The Morgan fingerprint density at radius 3 is 2.64 bits per heavy atom. The Labute approximate surface area is 90.1 Å². The van der Waals surface area contributed by atoms with Crippen LogP contribution in [0, 0.1) is 6.92 Å². The standard InChI is InChI=1S/C12H14ClN/c1-4-6-11(14-3)12-9(2)7-5-8-10(12)13/h4-8H,1-3H3/b6-4-,14-11?. The Hall–Kier alpha value is -1.08. The van der Waals surface area contributed by atoms with Crippen LogP contribution in [0.2, 0.25) is 5.02 Å². The van der Waals surface area contributed by atoms with Crippen molar-refractivity contribution < 1.29 is 0 Å². The minimum absolute atomic E-state index is 0.753. The van der Waals surface area contributed by atoms with E-state index in [1.165, 1.54) is 0 Å². The molecular formula is C12H14ClN. The molecule has 1 aromatic rings. The number of nitrogens with zero attached hydrogens (tertiary/aromatic N) is 1. The third kappa shape index (κ3) is 2.24. The van der Waals surface area contributed by atoms with Gasteiger partial charge in [-0.05, 0) is 31.6 Å². The van der Waals surface area contributed by atoms with Gasteiger partial charge in [-0.1, -0.05) is 29.8 Å². The molecule has 0 saturated heterocycles. The Bertz CT molecular complexity index is 358. The Morgan fingerprint density at radius 1 is 1.43 bits per heavy atom. The molecule has 0 aliphatic heterocycles. The maximum atomic E-state index is 6.12. The summed E-state index contributed by atoms with van der Waals surface area (Å²) < 4.78 is 0. The summed E-state index contributed by atoms with van der Waals surface area (Å²) in [7, 11) is 1.78. The number of rotatable bonds is 2. The topological polar surface area (TPSA) is 12.4 Å². The van der Waals surface area contributed by atoms with E-state index < -0.39 is 0 Å². The second kappa shape index (κ2) is 4.97. The minimum atomic E-state index is 0.753. The number of aliphatic imine (C=N–C) groups is 1. The van der Waals surface area contributed by atoms with Gasteiger partial charge < -0.3 is 0 Å². The molecule has 0 unspecified atom stereocenters. The Balaban J connectivity index is 3.30. The Kier molecular flexibility index (Phi) is 3.90. The molecule has 0 bridgehead atoms. The number of hydrogen-bond donors (Lipinski definition) is 0. The maximum Gasteiger partial charge on any atom is 0.0657 e. The predicted molar refractivity (Wildman–Crippen MR) is 63.5 cm³/mol. The van der Waals surface area contributed by atoms with Crippen molar-refractivity contribution in [2.75, 3.05) is 7.05 Å². The largest absolute Gasteiger partial charge is 0.288 e. The lowest BCUT2D eigenvalue weighted by molar-refractivity contribution is 1.39. The molecule has 14 heavy (non-hydrogen) atoms. The van der Waals surface area contributed by atoms with Crippen LogP contribution >= 0.6 is 11.6 Å². The van der Waals surface area contributed by atoms with E-state index in [0.29, 0.717) is 0 Å². The average Bonchev–Trinajstić information content (AvgIpc) is 2.16. The van der Waals surface area contributed by atoms with Crippen LogP contribution < -0.4 is 0 Å². The van der Waals surface area contributed by atoms with Crippen LogP contribution in [0.15, 0.2) is 35.3 Å². The lowest BCUT2D eigenvalue weighted by Crippen LogP contribution is -2.00. The molecule has 2 heteroatoms. The summed E-state index contributed by atoms with van der Waals surface area (Å²) in [6, 6.07) is 5.87. The van der Waals surface area contributed by atoms with E-state index in [1.807, 2.05) is 44.2 Å². The van der Waals surface area contributed by atoms with E-state index in [-0.39, 0.29) is 0 Å². The van der Waals surface area contributed by atoms with Crippen LogP contribution in [0.3, 0.4) is 0 Å². The molecule has 0 aromatic heterocycles. The van der Waals surface area contributed by atoms with Gasteiger partial charge in [-0.15, -0.1) is 0 Å². The first-order valence-electron chi connectivity index (χ1n) is 4.55. The maximum absolute atomic E-state index is 6.12. The zero-order chi connectivity index (χ0) is 10.6. The fraction of sp³-hybridized carbons (Fsp3) is 0.250. The fourth-order valence-electron chi connectivity index (χ4n) is 1.38. The zero-order valence-corrected chi connectivity index (χ0v) is 9.47. The van der Waals surface area contributed by atoms with Crippen molar-refractivity contribution in [3.63, 3.8) is 0 Å². The third-order valence-electron chi connectivity index (χ3n) is 2.04. The van der Waals surface area contributed by atoms with Crippen molar-refractivity contribution >= 4 is 17.3 Å². The zero-order valence-electron chi connectivity index (χ0n) is 8.71. The van der Waals surface area contributed by atoms with Gasteiger partial charge in [-0.2, -0.15) is 0 Å². The summed E-state index contributed by atoms with van der Waals surface area (Å²) in [5.41, 5.74) is 3.10. The van der Waals surface area contributed by atoms with Gasteiger partial charge in [0.25, 0.3) is 0 Å². The summed E-state index contributed by atoms with van der Waals surface area (Å²) in [6.07, 6.45) is 3.93. The fourth-order valence-corrected chi connectivity index (χ4v) is 1.70. The van der Waals surface area contributed by atoms with Gasteiger partial charge in [-0.3, -0.25) is 4.99 Å². The highest BCUT2D eigenvalue weighted by Gasteiger charge is 2.07. The molecule has 0 radical (unpaired) electrons. The second-order valence-electron chi connectivity index (χ2n) is 3.04. The van der Waals surface area contributed by atoms with Gasteiger partial charge in [0.05, 0.1) is 10.7 Å². The highest BCUT2D eigenvalue weighted by Crippen LogP contribution is 2.20. The van der Waals surface area contributed by atoms with Crippen LogP contribution in [-0.4, -0.2) is 12.8 Å². The Morgan fingerprint density at radius 2 is 2.14 bits per heavy atom. The number of halogens is 1. The van der Waals surface area contributed by atoms with Crippen LogP contribution in [0.1, 0.15) is 18.1 Å². The van der Waals surface area contributed by atoms with Crippen molar-refractivity contribution in [3.8, 4) is 0 Å². The van der Waals surface area contributed by atoms with Crippen molar-refractivity contribution in [1.82, 2.24) is 0 Å². The highest BCUT2D eigenvalue weighted by atomic mass is 35.5. The molecule has 0 aliphatic carbocycles. The van der Waals surface area contributed by atoms with Crippen LogP contribution in [0.25, 0.3) is 0 Å². The van der Waals surface area contributed by atoms with Gasteiger partial charge in [0, 0.05) is 12.6 Å². The van der Waals surface area contributed by atoms with Crippen molar-refractivity contribution in [2.24, 2.45) is 4.99 Å². The first-order valence-corrected chi connectivity index (χ1v) is 4.93. The van der Waals surface area contributed by atoms with Gasteiger partial charge in [0.2, 0.25) is 0 Å². The van der Waals surface area contributed by atoms with Crippen LogP contribution in [0.4, 0.5) is 0 Å². The normalized spacial score (nSPS) is 12.4. The monoisotopic (exact) mass is 207 g/mol. The summed E-state index contributed by atoms with van der Waals surface area (Å²) in [5, 5.41) is 0.753. The summed E-state index contributed by atoms with van der Waals surface area (Å²) in [6.45, 7) is 4.01. The summed E-state index contributed by atoms with van der Waals surface area (Å²) >= 11 is 6.12. The van der Waals surface area contributed by atoms with E-state index in [4.69, 9.17) is 11.6 Å². The molecule has 0 spiro atoms. The van der Waals surface area contributed by atoms with Crippen molar-refractivity contribution in [3.05, 3.63) is 46.5 Å². The summed E-state index contributed by atoms with van der Waals surface area (Å²) in [5.74, 6) is 0. The number of aryl methyl sites for hydroxylation is 1. The van der Waals surface area contributed by atoms with Gasteiger partial charge >= 0.3 is 0 Å². The van der Waals surface area contributed by atoms with Crippen molar-refractivity contribution in [1.29, 1.82) is 0 Å². The molecule has 0 fully saturated rings. The lowest BCUT2D eigenvalue weighted by Gasteiger charge is -2.07. The first kappa shape index (κ1) is 11.0. The first-order chi connectivity index (χ1) is 6.70. The number of allylic oxidation sites excluding steroid dienone is 2. The number of benzene rings is 1. The van der Waals surface area contributed by atoms with E-state index in [2.05, 4.69) is 4.99 Å². The molecule has 0 N–H and O–H groups in total. The number of hydrogen-bond acceptors (Lipinski definition) is 1. The summed E-state index contributed by atoms with van der Waals surface area (Å²) in [4.78, 5) is 4.22. The molecule has 0 heterocycles. The minimum Gasteiger partial charge on any atom is -0.288 e. The molecule has 1 nitrogen and oxygen atoms in total. The van der Waals surface area contributed by atoms with E-state index in [1.54, 1.807) is 7.05 Å². The van der Waals surface area contributed by atoms with Gasteiger partial charge in [0.15, 0.2) is 0 Å². The van der Waals surface area contributed by atoms with Gasteiger partial charge in [-0.25, -0.2) is 0 Å². The molecule has 1 aromatic carbocycles. The van der Waals surface area contributed by atoms with Crippen molar-refractivity contribution in [2.45, 2.75) is 13.8 Å². The van der Waals surface area contributed by atoms with E-state index in [9.17, 15) is 0 Å². The molecule has 0 saturated carbocycles. The molecule has 0 aliphatic rings. The molecule has 0 amide bonds. The van der Waals surface area contributed by atoms with Crippen LogP contribution in [0.5, 0.6) is 0 Å². The smallest absolute Gasteiger partial charge is 0.0657 e. The SMILES string of the molecule is C/C=C\C(=NC)c1c(C)cccc1Cl. The van der Waals surface area contributed by atoms with E-state index in [0.717, 1.165) is 21.9 Å². The van der Waals surface area contributed by atoms with Gasteiger partial charge in [0.1, 0.15) is 0 Å². The highest BCUT2D eigenvalue weighted by molar-refractivity contribution is 6.35.